The Bertz CT molecular complexity index is 1100. The number of aliphatic carboxylic acids is 1. The summed E-state index contributed by atoms with van der Waals surface area (Å²) >= 11 is 0. The number of unbranched alkanes of at least 4 members (excludes halogenated alkanes) is 15. The van der Waals surface area contributed by atoms with Crippen molar-refractivity contribution in [2.24, 2.45) is 0 Å². The van der Waals surface area contributed by atoms with Gasteiger partial charge in [0.05, 0.1) is 34.4 Å². The van der Waals surface area contributed by atoms with Crippen LogP contribution in [0.5, 0.6) is 0 Å². The molecule has 0 aromatic rings. The van der Waals surface area contributed by atoms with Crippen molar-refractivity contribution in [2.75, 3.05) is 41.0 Å². The number of nitrogens with zero attached hydrogens (tertiary/aromatic N) is 1. The number of carbonyl (C=O) groups excluding carboxylic acids is 2. The second-order valence-corrected chi connectivity index (χ2v) is 15.9. The van der Waals surface area contributed by atoms with Gasteiger partial charge in [0.2, 0.25) is 0 Å². The van der Waals surface area contributed by atoms with Crippen LogP contribution >= 0.6 is 0 Å². The molecule has 0 aromatic carbocycles. The number of carbonyl (C=O) groups is 3. The van der Waals surface area contributed by atoms with E-state index in [1.54, 1.807) is 0 Å². The van der Waals surface area contributed by atoms with Gasteiger partial charge in [-0.1, -0.05) is 139 Å². The van der Waals surface area contributed by atoms with Gasteiger partial charge in [0.15, 0.2) is 12.1 Å². The zero-order valence-electron chi connectivity index (χ0n) is 36.6. The van der Waals surface area contributed by atoms with E-state index in [4.69, 9.17) is 14.2 Å². The summed E-state index contributed by atoms with van der Waals surface area (Å²) in [5, 5.41) is 9.62. The molecule has 2 unspecified atom stereocenters. The number of carboxylic acids is 1. The van der Waals surface area contributed by atoms with Crippen LogP contribution in [0.15, 0.2) is 60.8 Å². The smallest absolute Gasteiger partial charge is 0.362 e. The Kier molecular flexibility index (Phi) is 36.8. The average Bonchev–Trinajstić information content (AvgIpc) is 3.15. The molecule has 8 heteroatoms. The van der Waals surface area contributed by atoms with Gasteiger partial charge in [-0.05, 0) is 77.0 Å². The average molecular weight is 787 g/mol. The normalized spacial score (nSPS) is 13.5. The molecule has 56 heavy (non-hydrogen) atoms. The van der Waals surface area contributed by atoms with Gasteiger partial charge >= 0.3 is 17.9 Å². The van der Waals surface area contributed by atoms with Gasteiger partial charge in [0.25, 0.3) is 0 Å². The van der Waals surface area contributed by atoms with Crippen molar-refractivity contribution in [2.45, 2.75) is 187 Å². The zero-order chi connectivity index (χ0) is 41.4. The second kappa shape index (κ2) is 38.9. The number of likely N-dealkylation sites (N-methyl/N-ethyl adjacent to an activating group) is 1. The van der Waals surface area contributed by atoms with E-state index in [-0.39, 0.29) is 42.7 Å². The van der Waals surface area contributed by atoms with Crippen molar-refractivity contribution in [3.05, 3.63) is 60.8 Å². The summed E-state index contributed by atoms with van der Waals surface area (Å²) in [4.78, 5) is 37.0. The van der Waals surface area contributed by atoms with Crippen molar-refractivity contribution < 1.29 is 38.2 Å². The van der Waals surface area contributed by atoms with E-state index in [0.29, 0.717) is 19.3 Å². The van der Waals surface area contributed by atoms with Gasteiger partial charge in [-0.15, -0.1) is 0 Å². The molecule has 0 bridgehead atoms. The summed E-state index contributed by atoms with van der Waals surface area (Å²) in [5.74, 6) is -1.55. The van der Waals surface area contributed by atoms with Crippen LogP contribution in [0.2, 0.25) is 0 Å². The van der Waals surface area contributed by atoms with E-state index in [2.05, 4.69) is 74.6 Å². The Hall–Kier alpha value is -2.97. The van der Waals surface area contributed by atoms with E-state index in [9.17, 15) is 19.5 Å². The monoisotopic (exact) mass is 787 g/mol. The molecule has 0 radical (unpaired) electrons. The summed E-state index contributed by atoms with van der Waals surface area (Å²) in [6.07, 6.45) is 46.9. The lowest BCUT2D eigenvalue weighted by Gasteiger charge is -2.31. The lowest BCUT2D eigenvalue weighted by Crippen LogP contribution is -2.50. The van der Waals surface area contributed by atoms with Gasteiger partial charge in [-0.25, -0.2) is 4.79 Å². The first-order valence-electron chi connectivity index (χ1n) is 22.3. The number of esters is 2. The van der Waals surface area contributed by atoms with Gasteiger partial charge in [0.1, 0.15) is 6.61 Å². The van der Waals surface area contributed by atoms with Crippen LogP contribution in [0.1, 0.15) is 174 Å². The minimum absolute atomic E-state index is 0.0361. The summed E-state index contributed by atoms with van der Waals surface area (Å²) in [6, 6.07) is -0.626. The lowest BCUT2D eigenvalue weighted by atomic mass is 10.1. The first-order valence-corrected chi connectivity index (χ1v) is 22.3. The van der Waals surface area contributed by atoms with Gasteiger partial charge in [0, 0.05) is 19.3 Å². The summed E-state index contributed by atoms with van der Waals surface area (Å²) < 4.78 is 17.2. The fourth-order valence-corrected chi connectivity index (χ4v) is 6.14. The highest BCUT2D eigenvalue weighted by molar-refractivity contribution is 5.72. The van der Waals surface area contributed by atoms with Crippen molar-refractivity contribution in [3.63, 3.8) is 0 Å². The number of hydrogen-bond donors (Lipinski definition) is 1. The fraction of sp³-hybridized carbons (Fsp3) is 0.729. The molecule has 0 saturated heterocycles. The number of rotatable bonds is 39. The third-order valence-corrected chi connectivity index (χ3v) is 9.64. The molecule has 2 atom stereocenters. The molecular weight excluding hydrogens is 703 g/mol. The highest BCUT2D eigenvalue weighted by atomic mass is 16.6. The molecule has 322 valence electrons. The number of hydrogen-bond acceptors (Lipinski definition) is 6. The zero-order valence-corrected chi connectivity index (χ0v) is 36.6. The van der Waals surface area contributed by atoms with Crippen molar-refractivity contribution in [3.8, 4) is 0 Å². The second-order valence-electron chi connectivity index (χ2n) is 15.9. The Balaban J connectivity index is 4.46. The predicted molar refractivity (Wildman–Crippen MR) is 234 cm³/mol. The van der Waals surface area contributed by atoms with Crippen molar-refractivity contribution in [1.29, 1.82) is 0 Å². The molecule has 0 aliphatic heterocycles. The Labute approximate surface area is 343 Å². The molecule has 0 amide bonds. The maximum atomic E-state index is 12.7. The van der Waals surface area contributed by atoms with Crippen LogP contribution < -0.4 is 0 Å². The Morgan fingerprint density at radius 3 is 1.50 bits per heavy atom. The van der Waals surface area contributed by atoms with Crippen LogP contribution in [0.4, 0.5) is 0 Å². The van der Waals surface area contributed by atoms with E-state index in [0.717, 1.165) is 44.9 Å². The lowest BCUT2D eigenvalue weighted by molar-refractivity contribution is -0.887. The van der Waals surface area contributed by atoms with E-state index in [1.807, 2.05) is 21.1 Å². The van der Waals surface area contributed by atoms with Crippen LogP contribution in [-0.4, -0.2) is 80.6 Å². The van der Waals surface area contributed by atoms with Crippen molar-refractivity contribution in [1.82, 2.24) is 0 Å². The quantitative estimate of drug-likeness (QED) is 0.0287. The third-order valence-electron chi connectivity index (χ3n) is 9.64. The Morgan fingerprint density at radius 2 is 0.964 bits per heavy atom. The molecule has 1 N–H and O–H groups in total. The first kappa shape index (κ1) is 53.0. The number of carboxylic acid groups (broad SMARTS) is 1. The molecule has 0 aliphatic carbocycles. The molecule has 0 rings (SSSR count). The molecule has 0 aliphatic rings. The number of quaternary nitrogens is 1. The highest BCUT2D eigenvalue weighted by Crippen LogP contribution is 2.13. The minimum atomic E-state index is -0.886. The largest absolute Gasteiger partial charge is 0.477 e. The molecular formula is C48H84NO7+. The summed E-state index contributed by atoms with van der Waals surface area (Å²) in [7, 11) is 5.50. The molecule has 0 saturated carbocycles. The number of ether oxygens (including phenoxy) is 3. The minimum Gasteiger partial charge on any atom is -0.477 e. The van der Waals surface area contributed by atoms with Crippen LogP contribution in [0.25, 0.3) is 0 Å². The van der Waals surface area contributed by atoms with E-state index < -0.39 is 18.1 Å². The molecule has 0 spiro atoms. The van der Waals surface area contributed by atoms with Gasteiger partial charge < -0.3 is 23.8 Å². The fourth-order valence-electron chi connectivity index (χ4n) is 6.14. The SMILES string of the molecule is CCCCC/C=C/C/C=C/C/C=C/C/C=C/CCCC(=O)OC(COCCC(C(=O)O)[N+](C)(C)C)COC(=O)CCCCCCCCC/C=C/CCCCCC. The standard InChI is InChI=1S/C48H83NO7/c1-6-8-10-12-14-16-18-20-22-23-25-27-29-31-33-35-37-39-47(51)56-44(42-54-41-40-45(48(52)53)49(3,4)5)43-55-46(50)38-36-34-32-30-28-26-24-21-19-17-15-13-11-9-7-2/h14,16-17,19-20,22,25,27,31,33,44-45H,6-13,15,18,21,23-24,26,28-30,32,34-43H2,1-5H3/p+1/b16-14+,19-17+,22-20+,27-25+,33-31+. The molecule has 0 aromatic heterocycles. The van der Waals surface area contributed by atoms with Crippen LogP contribution in [0, 0.1) is 0 Å². The molecule has 0 heterocycles. The van der Waals surface area contributed by atoms with Crippen LogP contribution in [0.3, 0.4) is 0 Å². The predicted octanol–water partition coefficient (Wildman–Crippen LogP) is 12.2. The molecule has 8 nitrogen and oxygen atoms in total. The third kappa shape index (κ3) is 36.7. The summed E-state index contributed by atoms with van der Waals surface area (Å²) in [5.41, 5.74) is 0. The van der Waals surface area contributed by atoms with Gasteiger partial charge in [-0.3, -0.25) is 9.59 Å². The van der Waals surface area contributed by atoms with E-state index >= 15 is 0 Å². The van der Waals surface area contributed by atoms with E-state index in [1.165, 1.54) is 89.9 Å². The topological polar surface area (TPSA) is 99.1 Å². The highest BCUT2D eigenvalue weighted by Gasteiger charge is 2.31. The first-order chi connectivity index (χ1) is 27.1. The summed E-state index contributed by atoms with van der Waals surface area (Å²) in [6.45, 7) is 4.62. The van der Waals surface area contributed by atoms with Gasteiger partial charge in [-0.2, -0.15) is 0 Å². The molecule has 0 fully saturated rings. The number of allylic oxidation sites excluding steroid dienone is 10. The van der Waals surface area contributed by atoms with Crippen LogP contribution in [-0.2, 0) is 28.6 Å². The maximum Gasteiger partial charge on any atom is 0.362 e. The maximum absolute atomic E-state index is 12.7. The Morgan fingerprint density at radius 1 is 0.536 bits per heavy atom. The van der Waals surface area contributed by atoms with Crippen molar-refractivity contribution >= 4 is 17.9 Å².